The summed E-state index contributed by atoms with van der Waals surface area (Å²) in [6.45, 7) is 2.58. The molecule has 2 N–H and O–H groups in total. The zero-order chi connectivity index (χ0) is 18.6. The van der Waals surface area contributed by atoms with Crippen LogP contribution in [0.2, 0.25) is 0 Å². The predicted molar refractivity (Wildman–Crippen MR) is 101 cm³/mol. The first-order valence-electron chi connectivity index (χ1n) is 8.80. The summed E-state index contributed by atoms with van der Waals surface area (Å²) in [5, 5.41) is 2.94. The molecule has 2 aromatic carbocycles. The molecule has 2 aromatic rings. The molecule has 0 bridgehead atoms. The number of benzene rings is 2. The number of carbonyl (C=O) groups is 1. The van der Waals surface area contributed by atoms with Gasteiger partial charge in [0, 0.05) is 24.9 Å². The Labute approximate surface area is 154 Å². The number of hydrogen-bond donors (Lipinski definition) is 2. The molecule has 3 rings (SSSR count). The van der Waals surface area contributed by atoms with Crippen LogP contribution in [0.3, 0.4) is 0 Å². The van der Waals surface area contributed by atoms with Crippen LogP contribution in [0.25, 0.3) is 0 Å². The summed E-state index contributed by atoms with van der Waals surface area (Å²) in [5.41, 5.74) is 2.30. The van der Waals surface area contributed by atoms with Crippen molar-refractivity contribution in [3.8, 4) is 0 Å². The number of nitrogens with one attached hydrogen (secondary N) is 2. The van der Waals surface area contributed by atoms with Crippen molar-refractivity contribution in [2.45, 2.75) is 36.5 Å². The molecule has 0 aromatic heterocycles. The minimum Gasteiger partial charge on any atom is -0.355 e. The molecule has 1 saturated carbocycles. The lowest BCUT2D eigenvalue weighted by molar-refractivity contribution is -0.121. The van der Waals surface area contributed by atoms with E-state index < -0.39 is 10.0 Å². The van der Waals surface area contributed by atoms with Gasteiger partial charge in [-0.05, 0) is 37.5 Å². The summed E-state index contributed by atoms with van der Waals surface area (Å²) in [5.74, 6) is -0.140. The zero-order valence-corrected chi connectivity index (χ0v) is 15.7. The molecule has 1 amide bonds. The van der Waals surface area contributed by atoms with Gasteiger partial charge in [0.2, 0.25) is 15.9 Å². The largest absolute Gasteiger partial charge is 0.355 e. The second-order valence-electron chi connectivity index (χ2n) is 6.88. The third-order valence-electron chi connectivity index (χ3n) is 4.84. The molecule has 26 heavy (non-hydrogen) atoms. The van der Waals surface area contributed by atoms with E-state index in [4.69, 9.17) is 0 Å². The zero-order valence-electron chi connectivity index (χ0n) is 14.9. The molecular weight excluding hydrogens is 348 g/mol. The highest BCUT2D eigenvalue weighted by atomic mass is 32.2. The first-order valence-corrected chi connectivity index (χ1v) is 10.3. The molecule has 1 fully saturated rings. The van der Waals surface area contributed by atoms with E-state index in [1.165, 1.54) is 5.56 Å². The molecule has 1 aliphatic carbocycles. The van der Waals surface area contributed by atoms with E-state index in [2.05, 4.69) is 22.2 Å². The third kappa shape index (κ3) is 4.51. The molecular formula is C20H24N2O3S. The van der Waals surface area contributed by atoms with Gasteiger partial charge < -0.3 is 5.32 Å². The van der Waals surface area contributed by atoms with E-state index in [9.17, 15) is 13.2 Å². The van der Waals surface area contributed by atoms with Gasteiger partial charge in [-0.1, -0.05) is 48.0 Å². The molecule has 0 unspecified atom stereocenters. The quantitative estimate of drug-likeness (QED) is 0.748. The SMILES string of the molecule is Cc1ccc(S(=O)(=O)NCCC(=O)NCC2(c3ccccc3)CC2)cc1. The molecule has 0 saturated heterocycles. The summed E-state index contributed by atoms with van der Waals surface area (Å²) in [7, 11) is -3.58. The van der Waals surface area contributed by atoms with Crippen LogP contribution in [-0.2, 0) is 20.2 Å². The highest BCUT2D eigenvalue weighted by Crippen LogP contribution is 2.47. The van der Waals surface area contributed by atoms with Crippen LogP contribution in [0.15, 0.2) is 59.5 Å². The molecule has 5 nitrogen and oxygen atoms in total. The van der Waals surface area contributed by atoms with Crippen LogP contribution in [0, 0.1) is 6.92 Å². The van der Waals surface area contributed by atoms with Crippen molar-refractivity contribution in [3.05, 3.63) is 65.7 Å². The Hall–Kier alpha value is -2.18. The monoisotopic (exact) mass is 372 g/mol. The number of carbonyl (C=O) groups excluding carboxylic acids is 1. The second-order valence-corrected chi connectivity index (χ2v) is 8.65. The Bertz CT molecular complexity index is 858. The Kier molecular flexibility index (Phi) is 5.44. The fourth-order valence-electron chi connectivity index (χ4n) is 2.97. The van der Waals surface area contributed by atoms with Gasteiger partial charge in [-0.2, -0.15) is 0 Å². The maximum atomic E-state index is 12.2. The lowest BCUT2D eigenvalue weighted by Gasteiger charge is -2.16. The van der Waals surface area contributed by atoms with Crippen LogP contribution >= 0.6 is 0 Å². The first-order chi connectivity index (χ1) is 12.4. The van der Waals surface area contributed by atoms with Crippen LogP contribution < -0.4 is 10.0 Å². The van der Waals surface area contributed by atoms with Gasteiger partial charge in [0.25, 0.3) is 0 Å². The Morgan fingerprint density at radius 1 is 1.04 bits per heavy atom. The highest BCUT2D eigenvalue weighted by molar-refractivity contribution is 7.89. The van der Waals surface area contributed by atoms with Crippen molar-refractivity contribution in [1.29, 1.82) is 0 Å². The van der Waals surface area contributed by atoms with E-state index in [1.54, 1.807) is 24.3 Å². The molecule has 1 aliphatic rings. The fourth-order valence-corrected chi connectivity index (χ4v) is 4.00. The van der Waals surface area contributed by atoms with Crippen molar-refractivity contribution in [2.75, 3.05) is 13.1 Å². The van der Waals surface area contributed by atoms with Crippen LogP contribution in [0.1, 0.15) is 30.4 Å². The van der Waals surface area contributed by atoms with Gasteiger partial charge in [-0.25, -0.2) is 13.1 Å². The summed E-state index contributed by atoms with van der Waals surface area (Å²) in [6.07, 6.45) is 2.25. The lowest BCUT2D eigenvalue weighted by Crippen LogP contribution is -2.35. The summed E-state index contributed by atoms with van der Waals surface area (Å²) in [6, 6.07) is 16.8. The van der Waals surface area contributed by atoms with E-state index in [-0.39, 0.29) is 29.2 Å². The van der Waals surface area contributed by atoms with Gasteiger partial charge in [0.15, 0.2) is 0 Å². The number of rotatable bonds is 8. The van der Waals surface area contributed by atoms with E-state index in [0.717, 1.165) is 18.4 Å². The summed E-state index contributed by atoms with van der Waals surface area (Å²) >= 11 is 0. The van der Waals surface area contributed by atoms with Crippen molar-refractivity contribution in [3.63, 3.8) is 0 Å². The predicted octanol–water partition coefficient (Wildman–Crippen LogP) is 2.51. The lowest BCUT2D eigenvalue weighted by atomic mass is 9.96. The molecule has 138 valence electrons. The van der Waals surface area contributed by atoms with Crippen LogP contribution in [0.4, 0.5) is 0 Å². The van der Waals surface area contributed by atoms with Gasteiger partial charge in [0.05, 0.1) is 4.90 Å². The average Bonchev–Trinajstić information content (AvgIpc) is 3.42. The maximum Gasteiger partial charge on any atom is 0.240 e. The Morgan fingerprint density at radius 2 is 1.69 bits per heavy atom. The molecule has 0 radical (unpaired) electrons. The van der Waals surface area contributed by atoms with E-state index >= 15 is 0 Å². The number of sulfonamides is 1. The van der Waals surface area contributed by atoms with Crippen LogP contribution in [0.5, 0.6) is 0 Å². The van der Waals surface area contributed by atoms with Crippen molar-refractivity contribution >= 4 is 15.9 Å². The molecule has 6 heteroatoms. The normalized spacial score (nSPS) is 15.4. The van der Waals surface area contributed by atoms with Crippen molar-refractivity contribution in [2.24, 2.45) is 0 Å². The fraction of sp³-hybridized carbons (Fsp3) is 0.350. The highest BCUT2D eigenvalue weighted by Gasteiger charge is 2.44. The number of amides is 1. The standard InChI is InChI=1S/C20H24N2O3S/c1-16-7-9-18(10-8-16)26(24,25)22-14-11-19(23)21-15-20(12-13-20)17-5-3-2-4-6-17/h2-10,22H,11-15H2,1H3,(H,21,23). The minimum atomic E-state index is -3.58. The summed E-state index contributed by atoms with van der Waals surface area (Å²) < 4.78 is 26.9. The topological polar surface area (TPSA) is 75.3 Å². The van der Waals surface area contributed by atoms with Crippen LogP contribution in [-0.4, -0.2) is 27.4 Å². The first kappa shape index (κ1) is 18.6. The Balaban J connectivity index is 1.45. The average molecular weight is 372 g/mol. The number of hydrogen-bond acceptors (Lipinski definition) is 3. The maximum absolute atomic E-state index is 12.2. The molecule has 0 atom stereocenters. The number of aryl methyl sites for hydroxylation is 1. The van der Waals surface area contributed by atoms with Gasteiger partial charge >= 0.3 is 0 Å². The van der Waals surface area contributed by atoms with Crippen molar-refractivity contribution in [1.82, 2.24) is 10.0 Å². The van der Waals surface area contributed by atoms with Gasteiger partial charge in [0.1, 0.15) is 0 Å². The summed E-state index contributed by atoms with van der Waals surface area (Å²) in [4.78, 5) is 12.3. The third-order valence-corrected chi connectivity index (χ3v) is 6.32. The molecule has 0 aliphatic heterocycles. The van der Waals surface area contributed by atoms with Crippen molar-refractivity contribution < 1.29 is 13.2 Å². The van der Waals surface area contributed by atoms with Gasteiger partial charge in [-0.3, -0.25) is 4.79 Å². The van der Waals surface area contributed by atoms with E-state index in [1.807, 2.05) is 25.1 Å². The van der Waals surface area contributed by atoms with Gasteiger partial charge in [-0.15, -0.1) is 0 Å². The molecule has 0 heterocycles. The second kappa shape index (κ2) is 7.60. The van der Waals surface area contributed by atoms with E-state index in [0.29, 0.717) is 6.54 Å². The smallest absolute Gasteiger partial charge is 0.240 e. The minimum absolute atomic E-state index is 0.0539. The Morgan fingerprint density at radius 3 is 2.31 bits per heavy atom. The molecule has 0 spiro atoms.